The lowest BCUT2D eigenvalue weighted by atomic mass is 10.1. The van der Waals surface area contributed by atoms with E-state index in [1.807, 2.05) is 71.6 Å². The quantitative estimate of drug-likeness (QED) is 0.476. The number of aryl methyl sites for hydroxylation is 1. The Hall–Kier alpha value is -3.25. The highest BCUT2D eigenvalue weighted by molar-refractivity contribution is 7.12. The molecule has 1 amide bonds. The number of carbonyl (C=O) groups excluding carboxylic acids is 1. The molecule has 1 aromatic carbocycles. The topological polar surface area (TPSA) is 56.4 Å². The van der Waals surface area contributed by atoms with Crippen molar-refractivity contribution in [2.24, 2.45) is 0 Å². The maximum Gasteiger partial charge on any atom is 0.266 e. The number of rotatable bonds is 6. The van der Waals surface area contributed by atoms with Crippen LogP contribution in [0.4, 0.5) is 5.82 Å². The number of benzene rings is 1. The van der Waals surface area contributed by atoms with E-state index in [0.717, 1.165) is 34.0 Å². The summed E-state index contributed by atoms with van der Waals surface area (Å²) in [6, 6.07) is 15.3. The molecule has 0 aliphatic carbocycles. The van der Waals surface area contributed by atoms with Crippen molar-refractivity contribution in [1.29, 1.82) is 0 Å². The summed E-state index contributed by atoms with van der Waals surface area (Å²) in [5, 5.41) is 4.98. The third-order valence-electron chi connectivity index (χ3n) is 4.52. The highest BCUT2D eigenvalue weighted by Crippen LogP contribution is 2.34. The Balaban J connectivity index is 1.72. The molecular weight excluding hydrogens is 372 g/mol. The van der Waals surface area contributed by atoms with Gasteiger partial charge in [-0.25, -0.2) is 0 Å². The third-order valence-corrected chi connectivity index (χ3v) is 5.39. The molecule has 0 aliphatic heterocycles. The summed E-state index contributed by atoms with van der Waals surface area (Å²) in [6.45, 7) is 2.63. The number of nitrogens with zero attached hydrogens (tertiary/aromatic N) is 1. The van der Waals surface area contributed by atoms with Crippen LogP contribution in [0.25, 0.3) is 11.3 Å². The number of anilines is 1. The van der Waals surface area contributed by atoms with E-state index in [2.05, 4.69) is 5.32 Å². The Bertz CT molecular complexity index is 1060. The summed E-state index contributed by atoms with van der Waals surface area (Å²) >= 11 is 1.42. The second-order valence-electron chi connectivity index (χ2n) is 6.42. The van der Waals surface area contributed by atoms with Crippen LogP contribution in [-0.4, -0.2) is 17.6 Å². The summed E-state index contributed by atoms with van der Waals surface area (Å²) in [4.78, 5) is 13.4. The number of ether oxygens (including phenoxy) is 1. The third kappa shape index (κ3) is 3.59. The van der Waals surface area contributed by atoms with Gasteiger partial charge in [0.2, 0.25) is 0 Å². The van der Waals surface area contributed by atoms with Crippen molar-refractivity contribution < 1.29 is 13.9 Å². The summed E-state index contributed by atoms with van der Waals surface area (Å²) in [5.41, 5.74) is 3.03. The van der Waals surface area contributed by atoms with Crippen molar-refractivity contribution in [3.8, 4) is 17.1 Å². The zero-order valence-electron chi connectivity index (χ0n) is 15.6. The molecule has 0 radical (unpaired) electrons. The Kier molecular flexibility index (Phi) is 5.04. The number of thiophene rings is 1. The minimum Gasteiger partial charge on any atom is -0.497 e. The smallest absolute Gasteiger partial charge is 0.266 e. The van der Waals surface area contributed by atoms with Crippen molar-refractivity contribution in [2.75, 3.05) is 12.4 Å². The lowest BCUT2D eigenvalue weighted by Gasteiger charge is -2.12. The van der Waals surface area contributed by atoms with Crippen LogP contribution in [0.3, 0.4) is 0 Å². The van der Waals surface area contributed by atoms with E-state index in [9.17, 15) is 4.79 Å². The van der Waals surface area contributed by atoms with E-state index in [1.54, 1.807) is 13.4 Å². The van der Waals surface area contributed by atoms with Crippen LogP contribution in [0.1, 0.15) is 20.8 Å². The Morgan fingerprint density at radius 3 is 2.64 bits per heavy atom. The SMILES string of the molecule is COc1ccc(Cn2cc(C)c(-c3ccco3)c2NC(=O)c2cccs2)cc1. The van der Waals surface area contributed by atoms with Gasteiger partial charge in [-0.1, -0.05) is 18.2 Å². The van der Waals surface area contributed by atoms with Crippen LogP contribution in [0.2, 0.25) is 0 Å². The Morgan fingerprint density at radius 1 is 1.18 bits per heavy atom. The molecule has 3 heterocycles. The van der Waals surface area contributed by atoms with E-state index in [-0.39, 0.29) is 5.91 Å². The summed E-state index contributed by atoms with van der Waals surface area (Å²) in [5.74, 6) is 2.14. The molecule has 142 valence electrons. The average Bonchev–Trinajstić information content (AvgIpc) is 3.45. The number of methoxy groups -OCH3 is 1. The van der Waals surface area contributed by atoms with Gasteiger partial charge in [-0.3, -0.25) is 4.79 Å². The summed E-state index contributed by atoms with van der Waals surface area (Å²) < 4.78 is 12.9. The minimum absolute atomic E-state index is 0.128. The van der Waals surface area contributed by atoms with Gasteiger partial charge in [0.1, 0.15) is 17.3 Å². The fraction of sp³-hybridized carbons (Fsp3) is 0.136. The highest BCUT2D eigenvalue weighted by atomic mass is 32.1. The second kappa shape index (κ2) is 7.78. The van der Waals surface area contributed by atoms with Gasteiger partial charge in [0.05, 0.1) is 23.8 Å². The number of carbonyl (C=O) groups is 1. The zero-order chi connectivity index (χ0) is 19.5. The minimum atomic E-state index is -0.128. The molecule has 0 saturated heterocycles. The lowest BCUT2D eigenvalue weighted by Crippen LogP contribution is -2.15. The summed E-state index contributed by atoms with van der Waals surface area (Å²) in [6.07, 6.45) is 3.67. The van der Waals surface area contributed by atoms with E-state index in [1.165, 1.54) is 11.3 Å². The number of furan rings is 1. The molecule has 28 heavy (non-hydrogen) atoms. The van der Waals surface area contributed by atoms with Crippen LogP contribution in [0.5, 0.6) is 5.75 Å². The monoisotopic (exact) mass is 392 g/mol. The van der Waals surface area contributed by atoms with Gasteiger partial charge in [0.25, 0.3) is 5.91 Å². The van der Waals surface area contributed by atoms with Crippen LogP contribution in [0.15, 0.2) is 70.8 Å². The van der Waals surface area contributed by atoms with Gasteiger partial charge in [-0.15, -0.1) is 11.3 Å². The van der Waals surface area contributed by atoms with Gasteiger partial charge in [-0.05, 0) is 53.8 Å². The molecule has 4 aromatic rings. The van der Waals surface area contributed by atoms with E-state index in [0.29, 0.717) is 11.4 Å². The molecule has 0 fully saturated rings. The largest absolute Gasteiger partial charge is 0.497 e. The highest BCUT2D eigenvalue weighted by Gasteiger charge is 2.20. The Labute approximate surface area is 167 Å². The van der Waals surface area contributed by atoms with E-state index in [4.69, 9.17) is 9.15 Å². The van der Waals surface area contributed by atoms with Crippen molar-refractivity contribution in [3.05, 3.63) is 82.4 Å². The molecule has 0 bridgehead atoms. The second-order valence-corrected chi connectivity index (χ2v) is 7.37. The van der Waals surface area contributed by atoms with E-state index < -0.39 is 0 Å². The Morgan fingerprint density at radius 2 is 2.00 bits per heavy atom. The molecular formula is C22H20N2O3S. The van der Waals surface area contributed by atoms with Gasteiger partial charge < -0.3 is 19.0 Å². The molecule has 6 heteroatoms. The van der Waals surface area contributed by atoms with Crippen LogP contribution >= 0.6 is 11.3 Å². The number of nitrogens with one attached hydrogen (secondary N) is 1. The standard InChI is InChI=1S/C22H20N2O3S/c1-15-13-24(14-16-7-9-17(26-2)10-8-16)21(20(15)18-5-3-11-27-18)23-22(25)19-6-4-12-28-19/h3-13H,14H2,1-2H3,(H,23,25). The summed E-state index contributed by atoms with van der Waals surface area (Å²) in [7, 11) is 1.65. The fourth-order valence-corrected chi connectivity index (χ4v) is 3.81. The van der Waals surface area contributed by atoms with Crippen molar-refractivity contribution >= 4 is 23.1 Å². The average molecular weight is 392 g/mol. The molecule has 0 unspecified atom stereocenters. The van der Waals surface area contributed by atoms with Crippen LogP contribution in [-0.2, 0) is 6.54 Å². The molecule has 1 N–H and O–H groups in total. The normalized spacial score (nSPS) is 10.8. The first-order valence-electron chi connectivity index (χ1n) is 8.87. The van der Waals surface area contributed by atoms with Gasteiger partial charge in [-0.2, -0.15) is 0 Å². The molecule has 4 rings (SSSR count). The number of hydrogen-bond donors (Lipinski definition) is 1. The van der Waals surface area contributed by atoms with Gasteiger partial charge in [0, 0.05) is 12.7 Å². The number of aromatic nitrogens is 1. The zero-order valence-corrected chi connectivity index (χ0v) is 16.5. The molecule has 3 aromatic heterocycles. The molecule has 0 atom stereocenters. The van der Waals surface area contributed by atoms with Crippen LogP contribution in [0, 0.1) is 6.92 Å². The van der Waals surface area contributed by atoms with Crippen molar-refractivity contribution in [2.45, 2.75) is 13.5 Å². The van der Waals surface area contributed by atoms with Crippen molar-refractivity contribution in [3.63, 3.8) is 0 Å². The first kappa shape index (κ1) is 18.1. The lowest BCUT2D eigenvalue weighted by molar-refractivity contribution is 0.103. The fourth-order valence-electron chi connectivity index (χ4n) is 3.19. The number of amides is 1. The van der Waals surface area contributed by atoms with Crippen molar-refractivity contribution in [1.82, 2.24) is 4.57 Å². The van der Waals surface area contributed by atoms with Crippen LogP contribution < -0.4 is 10.1 Å². The molecule has 0 saturated carbocycles. The maximum atomic E-state index is 12.7. The molecule has 0 aliphatic rings. The predicted octanol–water partition coefficient (Wildman–Crippen LogP) is 5.43. The first-order valence-corrected chi connectivity index (χ1v) is 9.75. The first-order chi connectivity index (χ1) is 13.7. The molecule has 5 nitrogen and oxygen atoms in total. The van der Waals surface area contributed by atoms with Gasteiger partial charge >= 0.3 is 0 Å². The molecule has 0 spiro atoms. The van der Waals surface area contributed by atoms with E-state index >= 15 is 0 Å². The maximum absolute atomic E-state index is 12.7. The van der Waals surface area contributed by atoms with Gasteiger partial charge in [0.15, 0.2) is 0 Å². The number of hydrogen-bond acceptors (Lipinski definition) is 4. The predicted molar refractivity (Wildman–Crippen MR) is 111 cm³/mol.